The van der Waals surface area contributed by atoms with Crippen molar-refractivity contribution in [1.29, 1.82) is 0 Å². The molecule has 0 aliphatic carbocycles. The number of aryl methyl sites for hydroxylation is 1. The van der Waals surface area contributed by atoms with E-state index in [0.29, 0.717) is 6.61 Å². The van der Waals surface area contributed by atoms with Gasteiger partial charge in [-0.3, -0.25) is 0 Å². The van der Waals surface area contributed by atoms with E-state index in [-0.39, 0.29) is 0 Å². The molecule has 1 N–H and O–H groups in total. The number of benzene rings is 2. The number of unbranched alkanes of at least 4 members (excludes halogenated alkanes) is 1. The highest BCUT2D eigenvalue weighted by molar-refractivity contribution is 5.28. The summed E-state index contributed by atoms with van der Waals surface area (Å²) in [5.41, 5.74) is 3.88. The molecule has 0 aliphatic rings. The number of hydrogen-bond acceptors (Lipinski definition) is 2. The summed E-state index contributed by atoms with van der Waals surface area (Å²) in [5, 5.41) is 3.15. The smallest absolute Gasteiger partial charge is 0.119 e. The SMILES string of the molecule is CCCCc1ccc(OCc2ccc(CNC)cc2)cc1. The average Bonchev–Trinajstić information content (AvgIpc) is 2.53. The van der Waals surface area contributed by atoms with E-state index in [4.69, 9.17) is 4.74 Å². The van der Waals surface area contributed by atoms with Crippen molar-refractivity contribution in [3.05, 3.63) is 65.2 Å². The van der Waals surface area contributed by atoms with Crippen LogP contribution in [0.15, 0.2) is 48.5 Å². The van der Waals surface area contributed by atoms with Crippen LogP contribution in [0.1, 0.15) is 36.5 Å². The molecule has 0 aromatic heterocycles. The van der Waals surface area contributed by atoms with Gasteiger partial charge in [0.15, 0.2) is 0 Å². The van der Waals surface area contributed by atoms with Crippen LogP contribution in [0.2, 0.25) is 0 Å². The first-order valence-electron chi connectivity index (χ1n) is 7.76. The summed E-state index contributed by atoms with van der Waals surface area (Å²) in [6, 6.07) is 17.0. The van der Waals surface area contributed by atoms with Crippen molar-refractivity contribution in [1.82, 2.24) is 5.32 Å². The molecule has 2 aromatic rings. The van der Waals surface area contributed by atoms with Crippen molar-refractivity contribution >= 4 is 0 Å². The van der Waals surface area contributed by atoms with Gasteiger partial charge < -0.3 is 10.1 Å². The fourth-order valence-corrected chi connectivity index (χ4v) is 2.26. The number of ether oxygens (including phenoxy) is 1. The highest BCUT2D eigenvalue weighted by Crippen LogP contribution is 2.16. The van der Waals surface area contributed by atoms with E-state index in [2.05, 4.69) is 60.8 Å². The van der Waals surface area contributed by atoms with Gasteiger partial charge in [0.05, 0.1) is 0 Å². The third kappa shape index (κ3) is 5.24. The van der Waals surface area contributed by atoms with Gasteiger partial charge in [-0.1, -0.05) is 49.7 Å². The molecule has 2 heteroatoms. The minimum Gasteiger partial charge on any atom is -0.489 e. The van der Waals surface area contributed by atoms with Crippen LogP contribution in [0.25, 0.3) is 0 Å². The molecule has 0 aliphatic heterocycles. The van der Waals surface area contributed by atoms with Gasteiger partial charge in [-0.15, -0.1) is 0 Å². The van der Waals surface area contributed by atoms with Crippen molar-refractivity contribution in [2.45, 2.75) is 39.3 Å². The maximum Gasteiger partial charge on any atom is 0.119 e. The van der Waals surface area contributed by atoms with Crippen LogP contribution in [0.5, 0.6) is 5.75 Å². The van der Waals surface area contributed by atoms with Gasteiger partial charge in [-0.2, -0.15) is 0 Å². The van der Waals surface area contributed by atoms with Crippen LogP contribution in [0.3, 0.4) is 0 Å². The lowest BCUT2D eigenvalue weighted by Gasteiger charge is -2.08. The molecule has 0 atom stereocenters. The first-order valence-corrected chi connectivity index (χ1v) is 7.76. The maximum atomic E-state index is 5.84. The summed E-state index contributed by atoms with van der Waals surface area (Å²) < 4.78 is 5.84. The fraction of sp³-hybridized carbons (Fsp3) is 0.368. The Balaban J connectivity index is 1.84. The Morgan fingerprint density at radius 1 is 0.857 bits per heavy atom. The molecule has 21 heavy (non-hydrogen) atoms. The summed E-state index contributed by atoms with van der Waals surface area (Å²) in [4.78, 5) is 0. The number of hydrogen-bond donors (Lipinski definition) is 1. The first kappa shape index (κ1) is 15.6. The normalized spacial score (nSPS) is 10.6. The van der Waals surface area contributed by atoms with E-state index in [1.807, 2.05) is 7.05 Å². The van der Waals surface area contributed by atoms with Gasteiger partial charge in [0.2, 0.25) is 0 Å². The van der Waals surface area contributed by atoms with E-state index < -0.39 is 0 Å². The Morgan fingerprint density at radius 2 is 1.48 bits per heavy atom. The maximum absolute atomic E-state index is 5.84. The van der Waals surface area contributed by atoms with Crippen LogP contribution < -0.4 is 10.1 Å². The van der Waals surface area contributed by atoms with Crippen LogP contribution >= 0.6 is 0 Å². The van der Waals surface area contributed by atoms with Crippen LogP contribution in [0, 0.1) is 0 Å². The Hall–Kier alpha value is -1.80. The van der Waals surface area contributed by atoms with E-state index in [9.17, 15) is 0 Å². The Kier molecular flexibility index (Phi) is 6.29. The monoisotopic (exact) mass is 283 g/mol. The summed E-state index contributed by atoms with van der Waals surface area (Å²) in [7, 11) is 1.96. The molecular formula is C19H25NO. The second-order valence-corrected chi connectivity index (χ2v) is 5.38. The van der Waals surface area contributed by atoms with Gasteiger partial charge in [0, 0.05) is 6.54 Å². The van der Waals surface area contributed by atoms with Gasteiger partial charge in [0.25, 0.3) is 0 Å². The first-order chi connectivity index (χ1) is 10.3. The molecule has 0 heterocycles. The lowest BCUT2D eigenvalue weighted by Crippen LogP contribution is -2.05. The molecule has 0 saturated heterocycles. The molecule has 2 nitrogen and oxygen atoms in total. The van der Waals surface area contributed by atoms with Gasteiger partial charge >= 0.3 is 0 Å². The lowest BCUT2D eigenvalue weighted by molar-refractivity contribution is 0.306. The third-order valence-corrected chi connectivity index (χ3v) is 3.55. The molecule has 0 radical (unpaired) electrons. The van der Waals surface area contributed by atoms with Gasteiger partial charge in [-0.05, 0) is 48.7 Å². The molecule has 2 rings (SSSR count). The standard InChI is InChI=1S/C19H25NO/c1-3-4-5-16-10-12-19(13-11-16)21-15-18-8-6-17(7-9-18)14-20-2/h6-13,20H,3-5,14-15H2,1-2H3. The van der Waals surface area contributed by atoms with Crippen molar-refractivity contribution in [2.24, 2.45) is 0 Å². The Bertz CT molecular complexity index is 516. The number of nitrogens with one attached hydrogen (secondary N) is 1. The largest absolute Gasteiger partial charge is 0.489 e. The second kappa shape index (κ2) is 8.48. The van der Waals surface area contributed by atoms with Crippen molar-refractivity contribution in [2.75, 3.05) is 7.05 Å². The Labute approximate surface area is 128 Å². The number of rotatable bonds is 8. The quantitative estimate of drug-likeness (QED) is 0.778. The Morgan fingerprint density at radius 3 is 2.10 bits per heavy atom. The van der Waals surface area contributed by atoms with Crippen molar-refractivity contribution < 1.29 is 4.74 Å². The van der Waals surface area contributed by atoms with Crippen molar-refractivity contribution in [3.63, 3.8) is 0 Å². The van der Waals surface area contributed by atoms with Crippen LogP contribution in [-0.2, 0) is 19.6 Å². The van der Waals surface area contributed by atoms with Crippen molar-refractivity contribution in [3.8, 4) is 5.75 Å². The summed E-state index contributed by atoms with van der Waals surface area (Å²) in [6.07, 6.45) is 3.64. The second-order valence-electron chi connectivity index (χ2n) is 5.38. The summed E-state index contributed by atoms with van der Waals surface area (Å²) >= 11 is 0. The highest BCUT2D eigenvalue weighted by atomic mass is 16.5. The molecule has 0 fully saturated rings. The van der Waals surface area contributed by atoms with E-state index in [0.717, 1.165) is 18.7 Å². The summed E-state index contributed by atoms with van der Waals surface area (Å²) in [5.74, 6) is 0.939. The minimum atomic E-state index is 0.619. The van der Waals surface area contributed by atoms with Gasteiger partial charge in [-0.25, -0.2) is 0 Å². The fourth-order valence-electron chi connectivity index (χ4n) is 2.26. The van der Waals surface area contributed by atoms with Gasteiger partial charge in [0.1, 0.15) is 12.4 Å². The van der Waals surface area contributed by atoms with E-state index in [1.54, 1.807) is 0 Å². The topological polar surface area (TPSA) is 21.3 Å². The van der Waals surface area contributed by atoms with Crippen LogP contribution in [0.4, 0.5) is 0 Å². The highest BCUT2D eigenvalue weighted by Gasteiger charge is 1.98. The van der Waals surface area contributed by atoms with E-state index >= 15 is 0 Å². The minimum absolute atomic E-state index is 0.619. The lowest BCUT2D eigenvalue weighted by atomic mass is 10.1. The molecule has 0 bridgehead atoms. The zero-order valence-electron chi connectivity index (χ0n) is 13.1. The molecule has 0 saturated carbocycles. The van der Waals surface area contributed by atoms with E-state index in [1.165, 1.54) is 29.5 Å². The molecule has 112 valence electrons. The third-order valence-electron chi connectivity index (χ3n) is 3.55. The molecule has 0 amide bonds. The molecule has 2 aromatic carbocycles. The molecule has 0 spiro atoms. The van der Waals surface area contributed by atoms with Crippen LogP contribution in [-0.4, -0.2) is 7.05 Å². The summed E-state index contributed by atoms with van der Waals surface area (Å²) in [6.45, 7) is 3.74. The predicted molar refractivity (Wildman–Crippen MR) is 88.6 cm³/mol. The predicted octanol–water partition coefficient (Wildman–Crippen LogP) is 4.33. The molecule has 0 unspecified atom stereocenters. The zero-order chi connectivity index (χ0) is 14.9. The zero-order valence-corrected chi connectivity index (χ0v) is 13.1. The molecular weight excluding hydrogens is 258 g/mol. The average molecular weight is 283 g/mol.